The highest BCUT2D eigenvalue weighted by molar-refractivity contribution is 6.35. The summed E-state index contributed by atoms with van der Waals surface area (Å²) >= 11 is 18.6. The van der Waals surface area contributed by atoms with E-state index in [1.807, 2.05) is 20.8 Å². The number of hydrogen-bond acceptors (Lipinski definition) is 5. The highest BCUT2D eigenvalue weighted by Crippen LogP contribution is 2.30. The monoisotopic (exact) mass is 553 g/mol. The number of aliphatic hydroxyl groups is 1. The molecular weight excluding hydrogens is 529 g/mol. The molecule has 0 aliphatic carbocycles. The van der Waals surface area contributed by atoms with Crippen molar-refractivity contribution in [2.75, 3.05) is 6.61 Å². The normalized spacial score (nSPS) is 13.2. The van der Waals surface area contributed by atoms with Crippen LogP contribution in [0, 0.1) is 5.41 Å². The van der Waals surface area contributed by atoms with Crippen LogP contribution in [0.4, 0.5) is 0 Å². The smallest absolute Gasteiger partial charge is 0.305 e. The summed E-state index contributed by atoms with van der Waals surface area (Å²) in [4.78, 5) is 24.7. The number of carbonyl (C=O) groups excluding carboxylic acids is 1. The van der Waals surface area contributed by atoms with Gasteiger partial charge >= 0.3 is 5.97 Å². The van der Waals surface area contributed by atoms with Gasteiger partial charge in [-0.25, -0.2) is 0 Å². The van der Waals surface area contributed by atoms with Crippen molar-refractivity contribution in [2.24, 2.45) is 5.41 Å². The second-order valence-electron chi connectivity index (χ2n) is 9.21. The van der Waals surface area contributed by atoms with Crippen molar-refractivity contribution in [3.05, 3.63) is 74.9 Å². The number of carbonyl (C=O) groups is 2. The minimum atomic E-state index is -1.13. The van der Waals surface area contributed by atoms with Gasteiger partial charge in [-0.05, 0) is 35.2 Å². The third kappa shape index (κ3) is 6.91. The maximum Gasteiger partial charge on any atom is 0.305 e. The number of ether oxygens (including phenoxy) is 1. The van der Waals surface area contributed by atoms with Crippen molar-refractivity contribution in [3.8, 4) is 11.6 Å². The molecule has 0 aliphatic rings. The van der Waals surface area contributed by atoms with Gasteiger partial charge in [-0.3, -0.25) is 9.59 Å². The van der Waals surface area contributed by atoms with E-state index in [1.165, 1.54) is 16.8 Å². The number of hydrogen-bond donors (Lipinski definition) is 3. The summed E-state index contributed by atoms with van der Waals surface area (Å²) in [5.74, 6) is -1.61. The first-order valence-corrected chi connectivity index (χ1v) is 12.1. The largest absolute Gasteiger partial charge is 0.481 e. The highest BCUT2D eigenvalue weighted by atomic mass is 35.5. The number of rotatable bonds is 9. The van der Waals surface area contributed by atoms with Crippen LogP contribution in [-0.2, 0) is 4.79 Å². The van der Waals surface area contributed by atoms with Crippen molar-refractivity contribution < 1.29 is 24.5 Å². The molecule has 3 N–H and O–H groups in total. The number of nitrogens with zero attached hydrogens (tertiary/aromatic N) is 2. The van der Waals surface area contributed by atoms with E-state index in [0.29, 0.717) is 21.3 Å². The fourth-order valence-corrected chi connectivity index (χ4v) is 3.97. The molecule has 1 amide bonds. The molecule has 36 heavy (non-hydrogen) atoms. The molecule has 3 rings (SSSR count). The van der Waals surface area contributed by atoms with Gasteiger partial charge in [-0.15, -0.1) is 0 Å². The molecule has 2 unspecified atom stereocenters. The molecule has 0 aliphatic heterocycles. The van der Waals surface area contributed by atoms with Gasteiger partial charge in [0.05, 0.1) is 29.3 Å². The molecule has 2 aromatic carbocycles. The molecule has 0 spiro atoms. The first-order chi connectivity index (χ1) is 16.9. The molecule has 1 aromatic heterocycles. The van der Waals surface area contributed by atoms with Crippen LogP contribution in [0.5, 0.6) is 5.88 Å². The molecular formula is C25H26Cl3N3O5. The maximum atomic E-state index is 13.2. The van der Waals surface area contributed by atoms with Crippen molar-refractivity contribution in [2.45, 2.75) is 39.3 Å². The van der Waals surface area contributed by atoms with Crippen LogP contribution in [-0.4, -0.2) is 44.6 Å². The van der Waals surface area contributed by atoms with Crippen LogP contribution < -0.4 is 10.1 Å². The number of aromatic nitrogens is 2. The van der Waals surface area contributed by atoms with Crippen LogP contribution in [0.2, 0.25) is 15.1 Å². The Hall–Kier alpha value is -2.78. The molecule has 8 nitrogen and oxygen atoms in total. The summed E-state index contributed by atoms with van der Waals surface area (Å²) in [7, 11) is 0. The number of carboxylic acid groups (broad SMARTS) is 1. The van der Waals surface area contributed by atoms with E-state index >= 15 is 0 Å². The fourth-order valence-electron chi connectivity index (χ4n) is 3.22. The second kappa shape index (κ2) is 11.5. The Kier molecular flexibility index (Phi) is 8.89. The van der Waals surface area contributed by atoms with Gasteiger partial charge < -0.3 is 20.3 Å². The molecule has 0 saturated carbocycles. The number of aliphatic carboxylic acids is 1. The topological polar surface area (TPSA) is 114 Å². The number of aliphatic hydroxyl groups excluding tert-OH is 1. The summed E-state index contributed by atoms with van der Waals surface area (Å²) < 4.78 is 7.19. The van der Waals surface area contributed by atoms with Gasteiger partial charge in [-0.2, -0.15) is 9.78 Å². The molecule has 0 saturated heterocycles. The first-order valence-electron chi connectivity index (χ1n) is 11.0. The average molecular weight is 555 g/mol. The number of carboxylic acids is 1. The molecule has 2 atom stereocenters. The molecule has 11 heteroatoms. The SMILES string of the molecule is CC(C)(C)C(O)COc1cc(C(=O)NC(CC(=O)O)c2ccc(Cl)cc2Cl)nn1-c1ccccc1Cl. The van der Waals surface area contributed by atoms with E-state index in [9.17, 15) is 19.8 Å². The lowest BCUT2D eigenvalue weighted by Crippen LogP contribution is -2.32. The van der Waals surface area contributed by atoms with E-state index in [1.54, 1.807) is 36.4 Å². The third-order valence-electron chi connectivity index (χ3n) is 5.40. The summed E-state index contributed by atoms with van der Waals surface area (Å²) in [5.41, 5.74) is 0.376. The van der Waals surface area contributed by atoms with Gasteiger partial charge in [-0.1, -0.05) is 73.8 Å². The number of para-hydroxylation sites is 1. The summed E-state index contributed by atoms with van der Waals surface area (Å²) in [6, 6.07) is 11.9. The van der Waals surface area contributed by atoms with Crippen LogP contribution in [0.25, 0.3) is 5.69 Å². The predicted octanol–water partition coefficient (Wildman–Crippen LogP) is 5.56. The standard InChI is InChI=1S/C25H26Cl3N3O5/c1-25(2,3)21(32)13-36-22-11-19(30-31(22)20-7-5-4-6-16(20)27)24(35)29-18(12-23(33)34)15-9-8-14(26)10-17(15)28/h4-11,18,21,32H,12-13H2,1-3H3,(H,29,35)(H,33,34). The van der Waals surface area contributed by atoms with Crippen LogP contribution in [0.3, 0.4) is 0 Å². The Morgan fingerprint density at radius 2 is 1.78 bits per heavy atom. The minimum Gasteiger partial charge on any atom is -0.481 e. The molecule has 1 heterocycles. The lowest BCUT2D eigenvalue weighted by molar-refractivity contribution is -0.137. The lowest BCUT2D eigenvalue weighted by Gasteiger charge is -2.25. The molecule has 0 fully saturated rings. The molecule has 0 radical (unpaired) electrons. The average Bonchev–Trinajstić information content (AvgIpc) is 3.20. The summed E-state index contributed by atoms with van der Waals surface area (Å²) in [6.07, 6.45) is -1.21. The third-order valence-corrected chi connectivity index (χ3v) is 6.28. The zero-order chi connectivity index (χ0) is 26.6. The Balaban J connectivity index is 1.95. The predicted molar refractivity (Wildman–Crippen MR) is 138 cm³/mol. The summed E-state index contributed by atoms with van der Waals surface area (Å²) in [5, 5.41) is 27.8. The van der Waals surface area contributed by atoms with Gasteiger partial charge in [0, 0.05) is 16.1 Å². The van der Waals surface area contributed by atoms with E-state index in [2.05, 4.69) is 10.4 Å². The molecule has 192 valence electrons. The quantitative estimate of drug-likeness (QED) is 0.319. The van der Waals surface area contributed by atoms with Crippen molar-refractivity contribution in [1.82, 2.24) is 15.1 Å². The fraction of sp³-hybridized carbons (Fsp3) is 0.320. The second-order valence-corrected chi connectivity index (χ2v) is 10.5. The number of amides is 1. The van der Waals surface area contributed by atoms with Gasteiger partial charge in [0.2, 0.25) is 5.88 Å². The van der Waals surface area contributed by atoms with Gasteiger partial charge in [0.25, 0.3) is 5.91 Å². The summed E-state index contributed by atoms with van der Waals surface area (Å²) in [6.45, 7) is 5.56. The van der Waals surface area contributed by atoms with Crippen LogP contribution in [0.1, 0.15) is 49.3 Å². The Morgan fingerprint density at radius 3 is 2.39 bits per heavy atom. The van der Waals surface area contributed by atoms with Crippen molar-refractivity contribution in [1.29, 1.82) is 0 Å². The van der Waals surface area contributed by atoms with Crippen molar-refractivity contribution in [3.63, 3.8) is 0 Å². The molecule has 0 bridgehead atoms. The van der Waals surface area contributed by atoms with E-state index in [4.69, 9.17) is 39.5 Å². The van der Waals surface area contributed by atoms with Crippen molar-refractivity contribution >= 4 is 46.7 Å². The van der Waals surface area contributed by atoms with Crippen LogP contribution >= 0.6 is 34.8 Å². The molecule has 3 aromatic rings. The van der Waals surface area contributed by atoms with Gasteiger partial charge in [0.1, 0.15) is 6.61 Å². The zero-order valence-corrected chi connectivity index (χ0v) is 22.1. The zero-order valence-electron chi connectivity index (χ0n) is 19.8. The van der Waals surface area contributed by atoms with Crippen LogP contribution in [0.15, 0.2) is 48.5 Å². The Morgan fingerprint density at radius 1 is 1.08 bits per heavy atom. The number of halogens is 3. The first kappa shape index (κ1) is 27.8. The van der Waals surface area contributed by atoms with E-state index in [0.717, 1.165) is 0 Å². The van der Waals surface area contributed by atoms with E-state index < -0.39 is 35.9 Å². The number of nitrogens with one attached hydrogen (secondary N) is 1. The number of benzene rings is 2. The minimum absolute atomic E-state index is 0.0457. The highest BCUT2D eigenvalue weighted by Gasteiger charge is 2.26. The Bertz CT molecular complexity index is 1260. The Labute approximate surface area is 223 Å². The van der Waals surface area contributed by atoms with Gasteiger partial charge in [0.15, 0.2) is 5.69 Å². The van der Waals surface area contributed by atoms with E-state index in [-0.39, 0.29) is 23.2 Å². The maximum absolute atomic E-state index is 13.2. The lowest BCUT2D eigenvalue weighted by atomic mass is 9.90.